The number of aryl methyl sites for hydroxylation is 7. The van der Waals surface area contributed by atoms with Gasteiger partial charge in [0.1, 0.15) is 0 Å². The number of para-hydroxylation sites is 2. The number of nitrogens with zero attached hydrogens (tertiary/aromatic N) is 3. The maximum absolute atomic E-state index is 14.0. The lowest BCUT2D eigenvalue weighted by molar-refractivity contribution is -0.137. The Morgan fingerprint density at radius 1 is 0.391 bits per heavy atom. The Hall–Kier alpha value is -8.14. The normalized spacial score (nSPS) is 11.9. The van der Waals surface area contributed by atoms with E-state index in [4.69, 9.17) is 0 Å². The molecule has 3 nitrogen and oxygen atoms in total. The van der Waals surface area contributed by atoms with Gasteiger partial charge in [-0.05, 0) is 176 Å². The van der Waals surface area contributed by atoms with Crippen LogP contribution in [0.15, 0.2) is 164 Å². The third-order valence-corrected chi connectivity index (χ3v) is 14.0. The molecule has 69 heavy (non-hydrogen) atoms. The lowest BCUT2D eigenvalue weighted by atomic mass is 9.92. The molecular weight excluding hydrogens is 856 g/mol. The number of rotatable bonds is 6. The fraction of sp³-hybridized carbons (Fsp3) is 0.127. The molecule has 0 radical (unpaired) electrons. The fourth-order valence-corrected chi connectivity index (χ4v) is 11.3. The van der Waals surface area contributed by atoms with E-state index in [2.05, 4.69) is 178 Å². The molecule has 0 amide bonds. The molecule has 11 aromatic rings. The average molecular weight is 904 g/mol. The molecule has 0 saturated carbocycles. The molecule has 2 aromatic heterocycles. The first-order chi connectivity index (χ1) is 33.2. The maximum atomic E-state index is 14.0. The number of halogens is 3. The predicted octanol–water partition coefficient (Wildman–Crippen LogP) is 17.6. The number of hydrogen-bond acceptors (Lipinski definition) is 1. The van der Waals surface area contributed by atoms with Crippen LogP contribution in [0.3, 0.4) is 0 Å². The monoisotopic (exact) mass is 903 g/mol. The highest BCUT2D eigenvalue weighted by Crippen LogP contribution is 2.45. The Morgan fingerprint density at radius 2 is 0.826 bits per heavy atom. The number of hydrogen-bond donors (Lipinski definition) is 0. The van der Waals surface area contributed by atoms with Gasteiger partial charge in [0.25, 0.3) is 0 Å². The average Bonchev–Trinajstić information content (AvgIpc) is 3.82. The molecule has 0 unspecified atom stereocenters. The van der Waals surface area contributed by atoms with E-state index in [1.165, 1.54) is 56.6 Å². The predicted molar refractivity (Wildman–Crippen MR) is 280 cm³/mol. The van der Waals surface area contributed by atoms with Gasteiger partial charge in [0.05, 0.1) is 50.6 Å². The molecule has 11 rings (SSSR count). The van der Waals surface area contributed by atoms with E-state index >= 15 is 0 Å². The van der Waals surface area contributed by atoms with Crippen LogP contribution >= 0.6 is 0 Å². The zero-order chi connectivity index (χ0) is 48.0. The zero-order valence-electron chi connectivity index (χ0n) is 39.6. The van der Waals surface area contributed by atoms with Crippen LogP contribution in [-0.2, 0) is 6.18 Å². The molecule has 0 N–H and O–H groups in total. The Kier molecular flexibility index (Phi) is 10.2. The van der Waals surface area contributed by atoms with E-state index in [-0.39, 0.29) is 0 Å². The summed E-state index contributed by atoms with van der Waals surface area (Å²) in [5.74, 6) is 0. The van der Waals surface area contributed by atoms with E-state index in [0.29, 0.717) is 16.7 Å². The van der Waals surface area contributed by atoms with Gasteiger partial charge in [0, 0.05) is 32.7 Å². The van der Waals surface area contributed by atoms with Gasteiger partial charge in [-0.25, -0.2) is 0 Å². The van der Waals surface area contributed by atoms with Crippen molar-refractivity contribution in [3.63, 3.8) is 0 Å². The second-order valence-corrected chi connectivity index (χ2v) is 18.8. The van der Waals surface area contributed by atoms with Crippen molar-refractivity contribution < 1.29 is 13.2 Å². The lowest BCUT2D eigenvalue weighted by Crippen LogP contribution is -2.05. The standard InChI is InChI=1S/C63H48F3N3/c1-36-26-39(4)61(40(5)27-36)45-18-24-57-53(32-45)49-12-8-10-14-55(49)68(57)59-31-43(35-67)16-21-51(59)52-22-17-44(48-23-20-47(30-38(48)3)63(64,65)66)34-60(52)69-56-15-11-9-13-50(56)54-33-46(19-25-58(54)69)62-41(6)28-37(2)29-42(62)7/h8-34H,1-7H3. The topological polar surface area (TPSA) is 33.6 Å². The molecule has 0 saturated heterocycles. The quantitative estimate of drug-likeness (QED) is 0.164. The van der Waals surface area contributed by atoms with Crippen LogP contribution in [0.5, 0.6) is 0 Å². The molecule has 6 heteroatoms. The summed E-state index contributed by atoms with van der Waals surface area (Å²) in [5.41, 5.74) is 21.4. The van der Waals surface area contributed by atoms with E-state index in [1.54, 1.807) is 13.0 Å². The first-order valence-corrected chi connectivity index (χ1v) is 23.3. The highest BCUT2D eigenvalue weighted by molar-refractivity contribution is 6.13. The van der Waals surface area contributed by atoms with Crippen molar-refractivity contribution in [3.8, 4) is 62.0 Å². The Bertz CT molecular complexity index is 3940. The molecule has 0 aliphatic heterocycles. The summed E-state index contributed by atoms with van der Waals surface area (Å²) in [7, 11) is 0. The minimum Gasteiger partial charge on any atom is -0.309 e. The van der Waals surface area contributed by atoms with Gasteiger partial charge in [-0.1, -0.05) is 108 Å². The summed E-state index contributed by atoms with van der Waals surface area (Å²) in [5, 5.41) is 14.9. The van der Waals surface area contributed by atoms with Crippen molar-refractivity contribution in [1.29, 1.82) is 5.26 Å². The largest absolute Gasteiger partial charge is 0.416 e. The number of fused-ring (bicyclic) bond motifs is 6. The van der Waals surface area contributed by atoms with Gasteiger partial charge >= 0.3 is 6.18 Å². The Morgan fingerprint density at radius 3 is 1.30 bits per heavy atom. The second-order valence-electron chi connectivity index (χ2n) is 18.8. The molecule has 0 aliphatic carbocycles. The number of alkyl halides is 3. The summed E-state index contributed by atoms with van der Waals surface area (Å²) in [6.07, 6.45) is -4.46. The number of aromatic nitrogens is 2. The summed E-state index contributed by atoms with van der Waals surface area (Å²) in [6.45, 7) is 14.7. The van der Waals surface area contributed by atoms with Gasteiger partial charge < -0.3 is 9.13 Å². The Labute approximate surface area is 400 Å². The summed E-state index contributed by atoms with van der Waals surface area (Å²) < 4.78 is 46.6. The van der Waals surface area contributed by atoms with Crippen molar-refractivity contribution in [2.75, 3.05) is 0 Å². The highest BCUT2D eigenvalue weighted by Gasteiger charge is 2.31. The third kappa shape index (κ3) is 7.20. The van der Waals surface area contributed by atoms with Crippen LogP contribution in [0.1, 0.15) is 50.1 Å². The fourth-order valence-electron chi connectivity index (χ4n) is 11.3. The minimum atomic E-state index is -4.46. The van der Waals surface area contributed by atoms with Crippen molar-refractivity contribution in [2.45, 2.75) is 54.6 Å². The molecule has 336 valence electrons. The van der Waals surface area contributed by atoms with E-state index in [9.17, 15) is 18.4 Å². The lowest BCUT2D eigenvalue weighted by Gasteiger charge is -2.21. The summed E-state index contributed by atoms with van der Waals surface area (Å²) in [6, 6.07) is 57.7. The number of nitriles is 1. The van der Waals surface area contributed by atoms with E-state index in [1.807, 2.05) is 24.3 Å². The molecule has 0 bridgehead atoms. The molecule has 0 fully saturated rings. The van der Waals surface area contributed by atoms with Gasteiger partial charge in [0.15, 0.2) is 0 Å². The van der Waals surface area contributed by atoms with Gasteiger partial charge in [-0.2, -0.15) is 18.4 Å². The maximum Gasteiger partial charge on any atom is 0.416 e. The molecular formula is C63H48F3N3. The second kappa shape index (κ2) is 16.3. The van der Waals surface area contributed by atoms with Crippen LogP contribution < -0.4 is 0 Å². The van der Waals surface area contributed by atoms with Gasteiger partial charge in [0.2, 0.25) is 0 Å². The SMILES string of the molecule is Cc1cc(C)c(-c2ccc3c(c2)c2ccccc2n3-c2cc(C#N)ccc2-c2ccc(-c3ccc(C(F)(F)F)cc3C)cc2-n2c3ccccc3c3cc(-c4c(C)cc(C)cc4C)ccc32)c(C)c1. The minimum absolute atomic E-state index is 0.520. The third-order valence-electron chi connectivity index (χ3n) is 14.0. The van der Waals surface area contributed by atoms with Crippen molar-refractivity contribution in [2.24, 2.45) is 0 Å². The van der Waals surface area contributed by atoms with Crippen molar-refractivity contribution in [1.82, 2.24) is 9.13 Å². The van der Waals surface area contributed by atoms with Crippen LogP contribution in [0.25, 0.3) is 99.5 Å². The van der Waals surface area contributed by atoms with Gasteiger partial charge in [-0.15, -0.1) is 0 Å². The molecule has 2 heterocycles. The van der Waals surface area contributed by atoms with Crippen LogP contribution in [0.2, 0.25) is 0 Å². The van der Waals surface area contributed by atoms with E-state index < -0.39 is 11.7 Å². The van der Waals surface area contributed by atoms with E-state index in [0.717, 1.165) is 82.8 Å². The van der Waals surface area contributed by atoms with Crippen molar-refractivity contribution in [3.05, 3.63) is 214 Å². The number of benzene rings is 9. The Balaban J connectivity index is 1.21. The summed E-state index contributed by atoms with van der Waals surface area (Å²) >= 11 is 0. The molecule has 0 atom stereocenters. The molecule has 0 spiro atoms. The first-order valence-electron chi connectivity index (χ1n) is 23.3. The molecule has 9 aromatic carbocycles. The highest BCUT2D eigenvalue weighted by atomic mass is 19.4. The van der Waals surface area contributed by atoms with Crippen LogP contribution in [-0.4, -0.2) is 9.13 Å². The van der Waals surface area contributed by atoms with Crippen LogP contribution in [0, 0.1) is 59.8 Å². The van der Waals surface area contributed by atoms with Crippen molar-refractivity contribution >= 4 is 43.6 Å². The smallest absolute Gasteiger partial charge is 0.309 e. The van der Waals surface area contributed by atoms with Gasteiger partial charge in [-0.3, -0.25) is 0 Å². The van der Waals surface area contributed by atoms with Crippen LogP contribution in [0.4, 0.5) is 13.2 Å². The first kappa shape index (κ1) is 43.4. The molecule has 0 aliphatic rings. The zero-order valence-corrected chi connectivity index (χ0v) is 39.6. The summed E-state index contributed by atoms with van der Waals surface area (Å²) in [4.78, 5) is 0.